The van der Waals surface area contributed by atoms with Crippen LogP contribution in [0.25, 0.3) is 0 Å². The summed E-state index contributed by atoms with van der Waals surface area (Å²) in [4.78, 5) is 17.4. The summed E-state index contributed by atoms with van der Waals surface area (Å²) >= 11 is 0. The Hall–Kier alpha value is -1.38. The van der Waals surface area contributed by atoms with Crippen molar-refractivity contribution in [1.82, 2.24) is 15.5 Å². The van der Waals surface area contributed by atoms with Crippen molar-refractivity contribution < 1.29 is 9.18 Å². The number of aliphatic imine (C=N–C) groups is 1. The van der Waals surface area contributed by atoms with Crippen LogP contribution in [0.4, 0.5) is 4.39 Å². The van der Waals surface area contributed by atoms with Gasteiger partial charge in [0.05, 0.1) is 13.1 Å². The van der Waals surface area contributed by atoms with Crippen LogP contribution in [0.3, 0.4) is 0 Å². The summed E-state index contributed by atoms with van der Waals surface area (Å²) in [7, 11) is 3.39. The predicted octanol–water partition coefficient (Wildman–Crippen LogP) is 1.98. The molecular formula is C15H24FIN4O. The standard InChI is InChI=1S/C15H23FN4O.HI/c1-4-9-17-15(19-11-14(21)20(2)3)18-10-12-7-5-6-8-13(12)16;/h5-8H,4,9-11H2,1-3H3,(H2,17,18,19);1H. The molecule has 0 atom stereocenters. The highest BCUT2D eigenvalue weighted by Gasteiger charge is 2.06. The van der Waals surface area contributed by atoms with E-state index in [1.807, 2.05) is 6.92 Å². The zero-order valence-electron chi connectivity index (χ0n) is 13.2. The Kier molecular flexibility index (Phi) is 10.5. The summed E-state index contributed by atoms with van der Waals surface area (Å²) in [6, 6.07) is 6.52. The molecule has 0 aliphatic heterocycles. The normalized spacial score (nSPS) is 10.6. The molecule has 0 radical (unpaired) electrons. The summed E-state index contributed by atoms with van der Waals surface area (Å²) in [6.45, 7) is 3.15. The first-order chi connectivity index (χ1) is 10.0. The Morgan fingerprint density at radius 1 is 1.27 bits per heavy atom. The Bertz CT molecular complexity index is 494. The van der Waals surface area contributed by atoms with Crippen molar-refractivity contribution in [3.63, 3.8) is 0 Å². The van der Waals surface area contributed by atoms with Crippen molar-refractivity contribution in [2.75, 3.05) is 27.2 Å². The van der Waals surface area contributed by atoms with Crippen molar-refractivity contribution in [2.45, 2.75) is 19.9 Å². The van der Waals surface area contributed by atoms with Crippen molar-refractivity contribution in [3.05, 3.63) is 35.6 Å². The number of halogens is 2. The average Bonchev–Trinajstić information content (AvgIpc) is 2.47. The molecule has 0 aliphatic rings. The molecule has 1 aromatic rings. The number of hydrogen-bond donors (Lipinski definition) is 2. The molecule has 2 N–H and O–H groups in total. The molecule has 0 saturated heterocycles. The number of rotatable bonds is 6. The molecule has 0 aromatic heterocycles. The van der Waals surface area contributed by atoms with Gasteiger partial charge in [-0.25, -0.2) is 9.38 Å². The van der Waals surface area contributed by atoms with Crippen LogP contribution >= 0.6 is 24.0 Å². The van der Waals surface area contributed by atoms with Crippen molar-refractivity contribution in [1.29, 1.82) is 0 Å². The first-order valence-corrected chi connectivity index (χ1v) is 7.00. The third-order valence-corrected chi connectivity index (χ3v) is 2.81. The minimum atomic E-state index is -0.277. The number of hydrogen-bond acceptors (Lipinski definition) is 2. The fourth-order valence-electron chi connectivity index (χ4n) is 1.53. The fraction of sp³-hybridized carbons (Fsp3) is 0.467. The van der Waals surface area contributed by atoms with E-state index in [1.165, 1.54) is 11.0 Å². The molecule has 0 spiro atoms. The van der Waals surface area contributed by atoms with Gasteiger partial charge in [0.2, 0.25) is 5.91 Å². The van der Waals surface area contributed by atoms with Crippen LogP contribution < -0.4 is 10.6 Å². The van der Waals surface area contributed by atoms with E-state index in [1.54, 1.807) is 32.3 Å². The topological polar surface area (TPSA) is 56.7 Å². The van der Waals surface area contributed by atoms with Crippen LogP contribution in [0, 0.1) is 5.82 Å². The number of benzene rings is 1. The summed E-state index contributed by atoms with van der Waals surface area (Å²) in [5.41, 5.74) is 0.522. The van der Waals surface area contributed by atoms with E-state index in [0.717, 1.165) is 13.0 Å². The number of likely N-dealkylation sites (N-methyl/N-ethyl adjacent to an activating group) is 1. The average molecular weight is 422 g/mol. The van der Waals surface area contributed by atoms with Crippen LogP contribution in [0.1, 0.15) is 18.9 Å². The summed E-state index contributed by atoms with van der Waals surface area (Å²) < 4.78 is 13.5. The SMILES string of the molecule is CCCNC(=NCc1ccccc1F)NCC(=O)N(C)C.I. The number of guanidine groups is 1. The van der Waals surface area contributed by atoms with Crippen LogP contribution in [-0.4, -0.2) is 44.0 Å². The molecule has 7 heteroatoms. The lowest BCUT2D eigenvalue weighted by atomic mass is 10.2. The van der Waals surface area contributed by atoms with Gasteiger partial charge >= 0.3 is 0 Å². The number of nitrogens with zero attached hydrogens (tertiary/aromatic N) is 2. The highest BCUT2D eigenvalue weighted by Crippen LogP contribution is 2.07. The highest BCUT2D eigenvalue weighted by molar-refractivity contribution is 14.0. The monoisotopic (exact) mass is 422 g/mol. The van der Waals surface area contributed by atoms with Gasteiger partial charge in [-0.15, -0.1) is 24.0 Å². The van der Waals surface area contributed by atoms with Gasteiger partial charge in [-0.05, 0) is 12.5 Å². The molecule has 0 aliphatic carbocycles. The van der Waals surface area contributed by atoms with Gasteiger partial charge in [0.1, 0.15) is 5.82 Å². The molecule has 0 bridgehead atoms. The van der Waals surface area contributed by atoms with Gasteiger partial charge in [-0.3, -0.25) is 4.79 Å². The van der Waals surface area contributed by atoms with Crippen LogP contribution in [0.15, 0.2) is 29.3 Å². The number of amides is 1. The molecule has 5 nitrogen and oxygen atoms in total. The molecule has 0 heterocycles. The second kappa shape index (κ2) is 11.2. The van der Waals surface area contributed by atoms with Gasteiger partial charge in [-0.2, -0.15) is 0 Å². The molecule has 0 fully saturated rings. The quantitative estimate of drug-likeness (QED) is 0.419. The second-order valence-corrected chi connectivity index (χ2v) is 4.82. The lowest BCUT2D eigenvalue weighted by Crippen LogP contribution is -2.43. The highest BCUT2D eigenvalue weighted by atomic mass is 127. The largest absolute Gasteiger partial charge is 0.356 e. The van der Waals surface area contributed by atoms with E-state index in [4.69, 9.17) is 0 Å². The Morgan fingerprint density at radius 2 is 1.95 bits per heavy atom. The third kappa shape index (κ3) is 7.58. The van der Waals surface area contributed by atoms with Crippen molar-refractivity contribution in [3.8, 4) is 0 Å². The summed E-state index contributed by atoms with van der Waals surface area (Å²) in [5.74, 6) is 0.183. The predicted molar refractivity (Wildman–Crippen MR) is 97.9 cm³/mol. The molecule has 22 heavy (non-hydrogen) atoms. The minimum absolute atomic E-state index is 0. The first-order valence-electron chi connectivity index (χ1n) is 7.00. The van der Waals surface area contributed by atoms with E-state index in [-0.39, 0.29) is 48.8 Å². The molecule has 1 aromatic carbocycles. The first kappa shape index (κ1) is 20.6. The van der Waals surface area contributed by atoms with Gasteiger partial charge < -0.3 is 15.5 Å². The fourth-order valence-corrected chi connectivity index (χ4v) is 1.53. The van der Waals surface area contributed by atoms with E-state index in [0.29, 0.717) is 11.5 Å². The zero-order valence-corrected chi connectivity index (χ0v) is 15.6. The Morgan fingerprint density at radius 3 is 2.55 bits per heavy atom. The summed E-state index contributed by atoms with van der Waals surface area (Å²) in [5, 5.41) is 6.05. The maximum Gasteiger partial charge on any atom is 0.241 e. The van der Waals surface area contributed by atoms with Crippen LogP contribution in [0.2, 0.25) is 0 Å². The second-order valence-electron chi connectivity index (χ2n) is 4.82. The maximum absolute atomic E-state index is 13.5. The van der Waals surface area contributed by atoms with Gasteiger partial charge in [-0.1, -0.05) is 25.1 Å². The molecule has 0 unspecified atom stereocenters. The molecule has 0 saturated carbocycles. The number of nitrogens with one attached hydrogen (secondary N) is 2. The zero-order chi connectivity index (χ0) is 15.7. The van der Waals surface area contributed by atoms with Crippen molar-refractivity contribution in [2.24, 2.45) is 4.99 Å². The number of carbonyl (C=O) groups excluding carboxylic acids is 1. The molecular weight excluding hydrogens is 398 g/mol. The molecule has 1 rings (SSSR count). The maximum atomic E-state index is 13.5. The van der Waals surface area contributed by atoms with E-state index < -0.39 is 0 Å². The Labute approximate surface area is 148 Å². The van der Waals surface area contributed by atoms with Gasteiger partial charge in [0.25, 0.3) is 0 Å². The van der Waals surface area contributed by atoms with Gasteiger partial charge in [0, 0.05) is 26.2 Å². The smallest absolute Gasteiger partial charge is 0.241 e. The summed E-state index contributed by atoms with van der Waals surface area (Å²) in [6.07, 6.45) is 0.933. The van der Waals surface area contributed by atoms with E-state index >= 15 is 0 Å². The lowest BCUT2D eigenvalue weighted by molar-refractivity contribution is -0.127. The van der Waals surface area contributed by atoms with Crippen LogP contribution in [-0.2, 0) is 11.3 Å². The lowest BCUT2D eigenvalue weighted by Gasteiger charge is -2.14. The van der Waals surface area contributed by atoms with Crippen molar-refractivity contribution >= 4 is 35.8 Å². The van der Waals surface area contributed by atoms with Crippen LogP contribution in [0.5, 0.6) is 0 Å². The van der Waals surface area contributed by atoms with E-state index in [9.17, 15) is 9.18 Å². The molecule has 1 amide bonds. The third-order valence-electron chi connectivity index (χ3n) is 2.81. The van der Waals surface area contributed by atoms with E-state index in [2.05, 4.69) is 15.6 Å². The minimum Gasteiger partial charge on any atom is -0.356 e. The number of carbonyl (C=O) groups is 1. The molecule has 124 valence electrons. The van der Waals surface area contributed by atoms with Gasteiger partial charge in [0.15, 0.2) is 5.96 Å². The Balaban J connectivity index is 0.00000441.